The molecule has 2 atom stereocenters. The maximum atomic E-state index is 11.1. The standard InChI is InChI=1S/C7H12O6S/c1-3-11-7(8)13-6-4-12-14(9,10)5(6)2/h5-6H,3-4H2,1-2H3. The maximum Gasteiger partial charge on any atom is 0.508 e. The topological polar surface area (TPSA) is 78.9 Å². The quantitative estimate of drug-likeness (QED) is 0.495. The van der Waals surface area contributed by atoms with E-state index in [2.05, 4.69) is 8.92 Å². The van der Waals surface area contributed by atoms with Crippen molar-refractivity contribution in [3.05, 3.63) is 0 Å². The molecule has 14 heavy (non-hydrogen) atoms. The highest BCUT2D eigenvalue weighted by Crippen LogP contribution is 2.20. The van der Waals surface area contributed by atoms with E-state index in [1.165, 1.54) is 6.92 Å². The molecule has 1 fully saturated rings. The molecule has 1 aliphatic rings. The first kappa shape index (κ1) is 11.3. The van der Waals surface area contributed by atoms with Crippen LogP contribution in [0.2, 0.25) is 0 Å². The Morgan fingerprint density at radius 3 is 2.64 bits per heavy atom. The molecule has 0 N–H and O–H groups in total. The van der Waals surface area contributed by atoms with Crippen LogP contribution in [0, 0.1) is 0 Å². The van der Waals surface area contributed by atoms with E-state index < -0.39 is 27.6 Å². The van der Waals surface area contributed by atoms with Crippen LogP contribution in [0.15, 0.2) is 0 Å². The first-order valence-electron chi connectivity index (χ1n) is 4.19. The number of carbonyl (C=O) groups excluding carboxylic acids is 1. The van der Waals surface area contributed by atoms with Gasteiger partial charge < -0.3 is 9.47 Å². The van der Waals surface area contributed by atoms with Gasteiger partial charge in [-0.2, -0.15) is 8.42 Å². The Morgan fingerprint density at radius 2 is 2.21 bits per heavy atom. The molecule has 0 aromatic heterocycles. The molecule has 6 nitrogen and oxygen atoms in total. The minimum atomic E-state index is -3.57. The number of hydrogen-bond donors (Lipinski definition) is 0. The lowest BCUT2D eigenvalue weighted by molar-refractivity contribution is 0.0205. The summed E-state index contributed by atoms with van der Waals surface area (Å²) in [4.78, 5) is 10.9. The third-order valence-corrected chi connectivity index (χ3v) is 3.56. The van der Waals surface area contributed by atoms with Crippen molar-refractivity contribution in [3.8, 4) is 0 Å². The Morgan fingerprint density at radius 1 is 1.57 bits per heavy atom. The second-order valence-electron chi connectivity index (χ2n) is 2.82. The van der Waals surface area contributed by atoms with Gasteiger partial charge in [-0.15, -0.1) is 0 Å². The van der Waals surface area contributed by atoms with E-state index in [9.17, 15) is 13.2 Å². The van der Waals surface area contributed by atoms with E-state index in [0.29, 0.717) is 0 Å². The molecule has 7 heteroatoms. The summed E-state index contributed by atoms with van der Waals surface area (Å²) in [5.41, 5.74) is 0. The Bertz CT molecular complexity index is 308. The highest BCUT2D eigenvalue weighted by molar-refractivity contribution is 7.87. The normalized spacial score (nSPS) is 29.9. The van der Waals surface area contributed by atoms with Gasteiger partial charge in [0.25, 0.3) is 10.1 Å². The number of carbonyl (C=O) groups is 1. The predicted molar refractivity (Wildman–Crippen MR) is 46.2 cm³/mol. The van der Waals surface area contributed by atoms with Crippen LogP contribution in [0.4, 0.5) is 4.79 Å². The average Bonchev–Trinajstić information content (AvgIpc) is 2.33. The number of ether oxygens (including phenoxy) is 2. The molecular formula is C7H12O6S. The molecule has 2 unspecified atom stereocenters. The predicted octanol–water partition coefficient (Wildman–Crippen LogP) is 0.277. The van der Waals surface area contributed by atoms with Crippen LogP contribution in [0.25, 0.3) is 0 Å². The number of rotatable bonds is 2. The van der Waals surface area contributed by atoms with Crippen molar-refractivity contribution < 1.29 is 26.9 Å². The van der Waals surface area contributed by atoms with E-state index in [1.54, 1.807) is 6.92 Å². The monoisotopic (exact) mass is 224 g/mol. The molecular weight excluding hydrogens is 212 g/mol. The molecule has 1 rings (SSSR count). The molecule has 82 valence electrons. The molecule has 0 saturated carbocycles. The average molecular weight is 224 g/mol. The maximum absolute atomic E-state index is 11.1. The van der Waals surface area contributed by atoms with E-state index in [-0.39, 0.29) is 13.2 Å². The Labute approximate surface area is 82.3 Å². The first-order chi connectivity index (χ1) is 6.47. The lowest BCUT2D eigenvalue weighted by atomic mass is 10.3. The summed E-state index contributed by atoms with van der Waals surface area (Å²) in [7, 11) is -3.57. The van der Waals surface area contributed by atoms with Crippen LogP contribution in [-0.4, -0.2) is 39.1 Å². The fourth-order valence-corrected chi connectivity index (χ4v) is 2.04. The summed E-state index contributed by atoms with van der Waals surface area (Å²) in [6, 6.07) is 0. The molecule has 0 aliphatic carbocycles. The van der Waals surface area contributed by atoms with Crippen LogP contribution in [-0.2, 0) is 23.8 Å². The second kappa shape index (κ2) is 4.14. The van der Waals surface area contributed by atoms with Crippen molar-refractivity contribution in [2.24, 2.45) is 0 Å². The molecule has 0 aromatic carbocycles. The van der Waals surface area contributed by atoms with E-state index >= 15 is 0 Å². The fraction of sp³-hybridized carbons (Fsp3) is 0.857. The fourth-order valence-electron chi connectivity index (χ4n) is 0.996. The summed E-state index contributed by atoms with van der Waals surface area (Å²) >= 11 is 0. The second-order valence-corrected chi connectivity index (χ2v) is 4.79. The van der Waals surface area contributed by atoms with Crippen LogP contribution >= 0.6 is 0 Å². The zero-order valence-corrected chi connectivity index (χ0v) is 8.74. The lowest BCUT2D eigenvalue weighted by Gasteiger charge is -2.12. The molecule has 0 amide bonds. The van der Waals surface area contributed by atoms with Crippen molar-refractivity contribution in [1.29, 1.82) is 0 Å². The van der Waals surface area contributed by atoms with E-state index in [1.807, 2.05) is 0 Å². The zero-order chi connectivity index (χ0) is 10.8. The zero-order valence-electron chi connectivity index (χ0n) is 7.93. The minimum absolute atomic E-state index is 0.137. The van der Waals surface area contributed by atoms with E-state index in [4.69, 9.17) is 4.74 Å². The molecule has 1 saturated heterocycles. The third-order valence-electron chi connectivity index (χ3n) is 1.89. The van der Waals surface area contributed by atoms with Crippen molar-refractivity contribution >= 4 is 16.3 Å². The van der Waals surface area contributed by atoms with Gasteiger partial charge in [-0.05, 0) is 13.8 Å². The first-order valence-corrected chi connectivity index (χ1v) is 5.66. The van der Waals surface area contributed by atoms with Crippen molar-refractivity contribution in [2.75, 3.05) is 13.2 Å². The summed E-state index contributed by atoms with van der Waals surface area (Å²) in [6.07, 6.45) is -1.65. The van der Waals surface area contributed by atoms with E-state index in [0.717, 1.165) is 0 Å². The van der Waals surface area contributed by atoms with Gasteiger partial charge in [0, 0.05) is 0 Å². The van der Waals surface area contributed by atoms with Gasteiger partial charge >= 0.3 is 6.16 Å². The molecule has 1 heterocycles. The molecule has 0 radical (unpaired) electrons. The lowest BCUT2D eigenvalue weighted by Crippen LogP contribution is -2.29. The van der Waals surface area contributed by atoms with Gasteiger partial charge in [0.2, 0.25) is 0 Å². The highest BCUT2D eigenvalue weighted by atomic mass is 32.2. The Hall–Kier alpha value is -0.820. The summed E-state index contributed by atoms with van der Waals surface area (Å²) in [5.74, 6) is 0. The Kier molecular flexibility index (Phi) is 3.33. The molecule has 0 spiro atoms. The highest BCUT2D eigenvalue weighted by Gasteiger charge is 2.41. The van der Waals surface area contributed by atoms with Crippen LogP contribution < -0.4 is 0 Å². The molecule has 0 bridgehead atoms. The van der Waals surface area contributed by atoms with Gasteiger partial charge in [-0.25, -0.2) is 4.79 Å². The van der Waals surface area contributed by atoms with Crippen LogP contribution in [0.1, 0.15) is 13.8 Å². The third kappa shape index (κ3) is 2.36. The number of hydrogen-bond acceptors (Lipinski definition) is 6. The van der Waals surface area contributed by atoms with Crippen LogP contribution in [0.3, 0.4) is 0 Å². The van der Waals surface area contributed by atoms with Crippen LogP contribution in [0.5, 0.6) is 0 Å². The van der Waals surface area contributed by atoms with Crippen molar-refractivity contribution in [3.63, 3.8) is 0 Å². The molecule has 0 aromatic rings. The SMILES string of the molecule is CCOC(=O)OC1COS(=O)(=O)C1C. The van der Waals surface area contributed by atoms with Gasteiger partial charge in [-0.1, -0.05) is 0 Å². The van der Waals surface area contributed by atoms with Crippen molar-refractivity contribution in [1.82, 2.24) is 0 Å². The van der Waals surface area contributed by atoms with Gasteiger partial charge in [0.15, 0.2) is 0 Å². The van der Waals surface area contributed by atoms with Gasteiger partial charge in [0.05, 0.1) is 6.61 Å². The smallest absolute Gasteiger partial charge is 0.435 e. The summed E-state index contributed by atoms with van der Waals surface area (Å²) in [6.45, 7) is 3.11. The largest absolute Gasteiger partial charge is 0.508 e. The summed E-state index contributed by atoms with van der Waals surface area (Å²) < 4.78 is 35.8. The van der Waals surface area contributed by atoms with Gasteiger partial charge in [0.1, 0.15) is 18.0 Å². The minimum Gasteiger partial charge on any atom is -0.435 e. The van der Waals surface area contributed by atoms with Crippen molar-refractivity contribution in [2.45, 2.75) is 25.2 Å². The Balaban J connectivity index is 2.53. The summed E-state index contributed by atoms with van der Waals surface area (Å²) in [5, 5.41) is -0.841. The molecule has 1 aliphatic heterocycles. The van der Waals surface area contributed by atoms with Gasteiger partial charge in [-0.3, -0.25) is 4.18 Å².